The highest BCUT2D eigenvalue weighted by molar-refractivity contribution is 9.10. The Morgan fingerprint density at radius 1 is 1.16 bits per heavy atom. The van der Waals surface area contributed by atoms with Crippen molar-refractivity contribution < 1.29 is 19.1 Å². The first kappa shape index (κ1) is 22.0. The first-order valence-corrected chi connectivity index (χ1v) is 11.3. The van der Waals surface area contributed by atoms with Crippen molar-refractivity contribution in [1.82, 2.24) is 4.90 Å². The quantitative estimate of drug-likeness (QED) is 0.309. The highest BCUT2D eigenvalue weighted by Crippen LogP contribution is 2.40. The van der Waals surface area contributed by atoms with Crippen LogP contribution in [0.1, 0.15) is 11.1 Å². The smallest absolute Gasteiger partial charge is 0.293 e. The molecule has 0 spiro atoms. The molecule has 2 amide bonds. The van der Waals surface area contributed by atoms with E-state index in [9.17, 15) is 9.59 Å². The van der Waals surface area contributed by atoms with Crippen LogP contribution in [0.3, 0.4) is 0 Å². The van der Waals surface area contributed by atoms with Crippen molar-refractivity contribution in [3.63, 3.8) is 0 Å². The fraction of sp³-hybridized carbons (Fsp3) is 0.120. The maximum absolute atomic E-state index is 13.1. The van der Waals surface area contributed by atoms with Gasteiger partial charge < -0.3 is 9.47 Å². The van der Waals surface area contributed by atoms with Crippen LogP contribution in [-0.4, -0.2) is 29.8 Å². The number of carbonyl (C=O) groups excluding carboxylic acids is 2. The monoisotopic (exact) mass is 507 g/mol. The molecule has 32 heavy (non-hydrogen) atoms. The van der Waals surface area contributed by atoms with Crippen LogP contribution in [0.2, 0.25) is 0 Å². The van der Waals surface area contributed by atoms with Crippen molar-refractivity contribution >= 4 is 55.7 Å². The molecule has 5 nitrogen and oxygen atoms in total. The molecule has 1 fully saturated rings. The van der Waals surface area contributed by atoms with Gasteiger partial charge in [-0.25, -0.2) is 0 Å². The van der Waals surface area contributed by atoms with Crippen molar-refractivity contribution in [2.75, 3.05) is 13.7 Å². The zero-order valence-electron chi connectivity index (χ0n) is 17.1. The first-order chi connectivity index (χ1) is 15.5. The minimum Gasteiger partial charge on any atom is -0.493 e. The molecule has 3 aromatic rings. The Morgan fingerprint density at radius 3 is 2.72 bits per heavy atom. The van der Waals surface area contributed by atoms with Crippen molar-refractivity contribution in [3.8, 4) is 23.8 Å². The summed E-state index contributed by atoms with van der Waals surface area (Å²) in [5.74, 6) is 2.95. The summed E-state index contributed by atoms with van der Waals surface area (Å²) < 4.78 is 11.8. The van der Waals surface area contributed by atoms with E-state index in [1.807, 2.05) is 42.5 Å². The Hall–Kier alpha value is -3.21. The normalized spacial score (nSPS) is 14.8. The van der Waals surface area contributed by atoms with E-state index in [2.05, 4.69) is 21.9 Å². The molecule has 4 rings (SSSR count). The lowest BCUT2D eigenvalue weighted by atomic mass is 10.0. The average molecular weight is 508 g/mol. The second-order valence-corrected chi connectivity index (χ2v) is 8.83. The van der Waals surface area contributed by atoms with Crippen LogP contribution in [0, 0.1) is 12.3 Å². The number of amides is 2. The lowest BCUT2D eigenvalue weighted by molar-refractivity contribution is -0.123. The Labute approximate surface area is 198 Å². The molecule has 1 aliphatic heterocycles. The lowest BCUT2D eigenvalue weighted by Crippen LogP contribution is -2.27. The number of carbonyl (C=O) groups is 2. The number of thioether (sulfide) groups is 1. The number of ether oxygens (including phenoxy) is 2. The molecule has 7 heteroatoms. The van der Waals surface area contributed by atoms with Gasteiger partial charge in [-0.05, 0) is 46.3 Å². The van der Waals surface area contributed by atoms with E-state index in [-0.39, 0.29) is 24.3 Å². The second kappa shape index (κ2) is 9.51. The van der Waals surface area contributed by atoms with E-state index < -0.39 is 0 Å². The Morgan fingerprint density at radius 2 is 1.94 bits per heavy atom. The predicted molar refractivity (Wildman–Crippen MR) is 130 cm³/mol. The third kappa shape index (κ3) is 4.38. The van der Waals surface area contributed by atoms with Crippen LogP contribution >= 0.6 is 27.7 Å². The van der Waals surface area contributed by atoms with Gasteiger partial charge in [0.25, 0.3) is 11.1 Å². The fourth-order valence-electron chi connectivity index (χ4n) is 3.49. The molecule has 0 aromatic heterocycles. The Balaban J connectivity index is 1.67. The van der Waals surface area contributed by atoms with Gasteiger partial charge in [0, 0.05) is 10.0 Å². The zero-order valence-corrected chi connectivity index (χ0v) is 19.5. The van der Waals surface area contributed by atoms with E-state index in [0.29, 0.717) is 22.0 Å². The van der Waals surface area contributed by atoms with Crippen LogP contribution in [0.25, 0.3) is 16.8 Å². The predicted octanol–water partition coefficient (Wildman–Crippen LogP) is 5.86. The van der Waals surface area contributed by atoms with Crippen LogP contribution in [0.5, 0.6) is 11.5 Å². The molecule has 0 aliphatic carbocycles. The average Bonchev–Trinajstić information content (AvgIpc) is 3.05. The number of nitrogens with zero attached hydrogens (tertiary/aromatic N) is 1. The van der Waals surface area contributed by atoms with Crippen molar-refractivity contribution in [2.24, 2.45) is 0 Å². The topological polar surface area (TPSA) is 55.8 Å². The number of terminal acetylenes is 1. The van der Waals surface area contributed by atoms with Crippen molar-refractivity contribution in [2.45, 2.75) is 6.54 Å². The van der Waals surface area contributed by atoms with Gasteiger partial charge in [0.05, 0.1) is 18.6 Å². The van der Waals surface area contributed by atoms with Gasteiger partial charge >= 0.3 is 0 Å². The summed E-state index contributed by atoms with van der Waals surface area (Å²) in [5, 5.41) is 1.76. The molecular weight excluding hydrogens is 490 g/mol. The van der Waals surface area contributed by atoms with E-state index in [1.54, 1.807) is 18.2 Å². The molecule has 0 unspecified atom stereocenters. The summed E-state index contributed by atoms with van der Waals surface area (Å²) in [6.07, 6.45) is 6.96. The summed E-state index contributed by atoms with van der Waals surface area (Å²) in [6.45, 7) is 0.243. The molecule has 1 heterocycles. The minimum absolute atomic E-state index is 0.0430. The summed E-state index contributed by atoms with van der Waals surface area (Å²) in [5.41, 5.74) is 1.50. The number of imide groups is 1. The third-order valence-electron chi connectivity index (χ3n) is 4.94. The largest absolute Gasteiger partial charge is 0.493 e. The number of hydrogen-bond donors (Lipinski definition) is 0. The number of fused-ring (bicyclic) bond motifs is 1. The Kier molecular flexibility index (Phi) is 6.54. The molecule has 0 saturated carbocycles. The standard InChI is InChI=1S/C25H18BrNO4S/c1-3-11-31-23-18(12-19(26)14-21(23)30-2)13-22-24(28)27(25(29)32-22)15-17-9-6-8-16-7-4-5-10-20(16)17/h1,4-10,12-14H,11,15H2,2H3/b22-13+. The van der Waals surface area contributed by atoms with E-state index in [0.717, 1.165) is 32.6 Å². The van der Waals surface area contributed by atoms with Gasteiger partial charge in [0.2, 0.25) is 0 Å². The van der Waals surface area contributed by atoms with E-state index in [4.69, 9.17) is 15.9 Å². The highest BCUT2D eigenvalue weighted by atomic mass is 79.9. The molecule has 0 atom stereocenters. The van der Waals surface area contributed by atoms with E-state index in [1.165, 1.54) is 12.0 Å². The summed E-state index contributed by atoms with van der Waals surface area (Å²) in [7, 11) is 1.52. The van der Waals surface area contributed by atoms with E-state index >= 15 is 0 Å². The van der Waals surface area contributed by atoms with Crippen LogP contribution < -0.4 is 9.47 Å². The molecular formula is C25H18BrNO4S. The van der Waals surface area contributed by atoms with Gasteiger partial charge in [-0.2, -0.15) is 0 Å². The number of halogens is 1. The van der Waals surface area contributed by atoms with Gasteiger partial charge in [-0.15, -0.1) is 6.42 Å². The number of rotatable bonds is 6. The molecule has 0 bridgehead atoms. The molecule has 1 aliphatic rings. The van der Waals surface area contributed by atoms with Crippen molar-refractivity contribution in [1.29, 1.82) is 0 Å². The molecule has 3 aromatic carbocycles. The number of methoxy groups -OCH3 is 1. The summed E-state index contributed by atoms with van der Waals surface area (Å²) in [6, 6.07) is 17.3. The first-order valence-electron chi connectivity index (χ1n) is 9.67. The third-order valence-corrected chi connectivity index (χ3v) is 6.30. The molecule has 0 N–H and O–H groups in total. The Bertz CT molecular complexity index is 1290. The fourth-order valence-corrected chi connectivity index (χ4v) is 4.78. The van der Waals surface area contributed by atoms with Gasteiger partial charge in [-0.1, -0.05) is 64.3 Å². The second-order valence-electron chi connectivity index (χ2n) is 6.93. The van der Waals surface area contributed by atoms with Crippen LogP contribution in [-0.2, 0) is 11.3 Å². The zero-order chi connectivity index (χ0) is 22.7. The van der Waals surface area contributed by atoms with Crippen LogP contribution in [0.15, 0.2) is 64.0 Å². The van der Waals surface area contributed by atoms with Gasteiger partial charge in [0.1, 0.15) is 6.61 Å². The molecule has 0 radical (unpaired) electrons. The van der Waals surface area contributed by atoms with Crippen LogP contribution in [0.4, 0.5) is 4.79 Å². The minimum atomic E-state index is -0.352. The van der Waals surface area contributed by atoms with Gasteiger partial charge in [-0.3, -0.25) is 14.5 Å². The SMILES string of the molecule is C#CCOc1c(/C=C2/SC(=O)N(Cc3cccc4ccccc34)C2=O)cc(Br)cc1OC. The highest BCUT2D eigenvalue weighted by Gasteiger charge is 2.35. The number of benzene rings is 3. The van der Waals surface area contributed by atoms with Gasteiger partial charge in [0.15, 0.2) is 11.5 Å². The molecule has 160 valence electrons. The number of hydrogen-bond acceptors (Lipinski definition) is 5. The molecule has 1 saturated heterocycles. The maximum Gasteiger partial charge on any atom is 0.293 e. The lowest BCUT2D eigenvalue weighted by Gasteiger charge is -2.15. The maximum atomic E-state index is 13.1. The summed E-state index contributed by atoms with van der Waals surface area (Å²) >= 11 is 4.34. The summed E-state index contributed by atoms with van der Waals surface area (Å²) in [4.78, 5) is 27.4. The van der Waals surface area contributed by atoms with Crippen molar-refractivity contribution in [3.05, 3.63) is 75.1 Å².